The smallest absolute Gasteiger partial charge is 0.268 e. The number of nitrogens with zero attached hydrogens (tertiary/aromatic N) is 1. The third-order valence-electron chi connectivity index (χ3n) is 4.71. The normalized spacial score (nSPS) is 13.9. The third kappa shape index (κ3) is 5.73. The summed E-state index contributed by atoms with van der Waals surface area (Å²) in [6, 6.07) is 17.4. The molecule has 9 heteroatoms. The van der Waals surface area contributed by atoms with Gasteiger partial charge in [-0.2, -0.15) is 0 Å². The summed E-state index contributed by atoms with van der Waals surface area (Å²) in [4.78, 5) is 0.602. The number of fused-ring (bicyclic) bond motifs is 1. The minimum Gasteiger partial charge on any atom is -0.505 e. The number of aryl methyl sites for hydroxylation is 1. The number of hydrogen-bond donors (Lipinski definition) is 1. The van der Waals surface area contributed by atoms with E-state index in [-0.39, 0.29) is 55.6 Å². The van der Waals surface area contributed by atoms with Gasteiger partial charge in [0.2, 0.25) is 0 Å². The second-order valence-electron chi connectivity index (χ2n) is 6.61. The quantitative estimate of drug-likeness (QED) is 0.346. The number of halogens is 2. The molecule has 4 nitrogen and oxygen atoms in total. The average Bonchev–Trinajstić information content (AvgIpc) is 3.20. The van der Waals surface area contributed by atoms with E-state index in [1.165, 1.54) is 11.3 Å². The van der Waals surface area contributed by atoms with Gasteiger partial charge in [0.15, 0.2) is 5.76 Å². The van der Waals surface area contributed by atoms with Gasteiger partial charge in [-0.1, -0.05) is 68.4 Å². The zero-order valence-corrected chi connectivity index (χ0v) is 23.4. The molecule has 1 N–H and O–H groups in total. The second kappa shape index (κ2) is 12.2. The number of hydrogen-bond acceptors (Lipinski definition) is 4. The molecule has 2 aromatic carbocycles. The molecular weight excluding hydrogens is 541 g/mol. The Morgan fingerprint density at radius 1 is 1.03 bits per heavy atom. The first kappa shape index (κ1) is 29.4. The van der Waals surface area contributed by atoms with Crippen LogP contribution in [0.5, 0.6) is 0 Å². The Balaban J connectivity index is 0.00000133. The molecule has 0 atom stereocenters. The zero-order valence-electron chi connectivity index (χ0n) is 18.9. The van der Waals surface area contributed by atoms with Gasteiger partial charge in [0, 0.05) is 43.1 Å². The van der Waals surface area contributed by atoms with E-state index in [4.69, 9.17) is 0 Å². The molecule has 33 heavy (non-hydrogen) atoms. The topological polar surface area (TPSA) is 57.6 Å². The van der Waals surface area contributed by atoms with Crippen molar-refractivity contribution in [1.82, 2.24) is 0 Å². The summed E-state index contributed by atoms with van der Waals surface area (Å²) in [7, 11) is -4.38. The van der Waals surface area contributed by atoms with Gasteiger partial charge in [-0.15, -0.1) is 11.3 Å². The summed E-state index contributed by atoms with van der Waals surface area (Å²) < 4.78 is 53.9. The predicted molar refractivity (Wildman–Crippen MR) is 130 cm³/mol. The minimum absolute atomic E-state index is 0. The van der Waals surface area contributed by atoms with Gasteiger partial charge < -0.3 is 12.5 Å². The van der Waals surface area contributed by atoms with Crippen LogP contribution in [0.25, 0.3) is 21.1 Å². The molecule has 175 valence electrons. The van der Waals surface area contributed by atoms with Gasteiger partial charge in [0.05, 0.1) is 17.1 Å². The number of alkyl halides is 2. The van der Waals surface area contributed by atoms with Crippen LogP contribution in [0.1, 0.15) is 29.9 Å². The zero-order chi connectivity index (χ0) is 22.8. The molecule has 0 saturated heterocycles. The van der Waals surface area contributed by atoms with Crippen molar-refractivity contribution in [2.45, 2.75) is 27.2 Å². The minimum atomic E-state index is -4.38. The Morgan fingerprint density at radius 2 is 1.61 bits per heavy atom. The molecule has 0 spiro atoms. The van der Waals surface area contributed by atoms with Crippen molar-refractivity contribution >= 4 is 37.7 Å². The van der Waals surface area contributed by atoms with E-state index in [1.807, 2.05) is 44.2 Å². The molecule has 0 unspecified atom stereocenters. The van der Waals surface area contributed by atoms with Crippen molar-refractivity contribution in [3.05, 3.63) is 84.1 Å². The van der Waals surface area contributed by atoms with Crippen LogP contribution >= 0.6 is 11.3 Å². The second-order valence-corrected chi connectivity index (χ2v) is 9.46. The summed E-state index contributed by atoms with van der Waals surface area (Å²) in [5.41, 5.74) is 1.80. The van der Waals surface area contributed by atoms with Crippen LogP contribution in [0.3, 0.4) is 0 Å². The maximum Gasteiger partial charge on any atom is 0.268 e. The molecule has 0 saturated carbocycles. The first-order valence-electron chi connectivity index (χ1n) is 9.80. The van der Waals surface area contributed by atoms with Gasteiger partial charge in [0.25, 0.3) is 16.4 Å². The molecule has 0 amide bonds. The van der Waals surface area contributed by atoms with Gasteiger partial charge in [-0.3, -0.25) is 4.31 Å². The first-order chi connectivity index (χ1) is 14.8. The van der Waals surface area contributed by atoms with Crippen LogP contribution in [-0.4, -0.2) is 26.5 Å². The fourth-order valence-corrected chi connectivity index (χ4v) is 6.39. The van der Waals surface area contributed by atoms with E-state index in [0.717, 1.165) is 5.56 Å². The molecule has 1 aliphatic rings. The predicted octanol–water partition coefficient (Wildman–Crippen LogP) is 7.00. The molecule has 2 heterocycles. The van der Waals surface area contributed by atoms with Crippen molar-refractivity contribution in [1.29, 1.82) is 0 Å². The summed E-state index contributed by atoms with van der Waals surface area (Å²) in [6.45, 7) is 4.73. The number of sulfonamides is 1. The SMILES string of the molecule is CC.Cc1ccccc1C1=C(O)c2sc(-c3ccccc3)cc2N(CC(F)F)S1(=O)=O.[CH3-].[Y]. The number of rotatable bonds is 4. The molecule has 0 aliphatic carbocycles. The maximum atomic E-state index is 13.3. The van der Waals surface area contributed by atoms with Crippen LogP contribution in [-0.2, 0) is 42.7 Å². The fraction of sp³-hybridized carbons (Fsp3) is 0.208. The molecule has 1 aliphatic heterocycles. The Kier molecular flexibility index (Phi) is 10.9. The van der Waals surface area contributed by atoms with Crippen molar-refractivity contribution < 1.29 is 55.0 Å². The molecule has 1 radical (unpaired) electrons. The number of thiophene rings is 1. The number of aliphatic hydroxyl groups is 1. The van der Waals surface area contributed by atoms with E-state index in [9.17, 15) is 22.3 Å². The van der Waals surface area contributed by atoms with Crippen molar-refractivity contribution in [3.8, 4) is 10.4 Å². The van der Waals surface area contributed by atoms with Crippen molar-refractivity contribution in [2.75, 3.05) is 10.8 Å². The van der Waals surface area contributed by atoms with Crippen molar-refractivity contribution in [2.24, 2.45) is 0 Å². The van der Waals surface area contributed by atoms with E-state index in [1.54, 1.807) is 37.3 Å². The summed E-state index contributed by atoms with van der Waals surface area (Å²) >= 11 is 1.17. The van der Waals surface area contributed by atoms with Crippen molar-refractivity contribution in [3.63, 3.8) is 0 Å². The fourth-order valence-electron chi connectivity index (χ4n) is 3.36. The van der Waals surface area contributed by atoms with Crippen LogP contribution in [0.15, 0.2) is 60.7 Å². The number of aliphatic hydroxyl groups excluding tert-OH is 1. The third-order valence-corrected chi connectivity index (χ3v) is 7.75. The number of anilines is 1. The number of benzene rings is 2. The van der Waals surface area contributed by atoms with Gasteiger partial charge >= 0.3 is 0 Å². The van der Waals surface area contributed by atoms with E-state index < -0.39 is 28.8 Å². The molecule has 1 aromatic heterocycles. The first-order valence-corrected chi connectivity index (χ1v) is 12.1. The van der Waals surface area contributed by atoms with E-state index in [0.29, 0.717) is 20.3 Å². The Morgan fingerprint density at radius 3 is 2.18 bits per heavy atom. The average molecular weight is 568 g/mol. The Hall–Kier alpha value is -1.61. The van der Waals surface area contributed by atoms with Gasteiger partial charge in [0.1, 0.15) is 4.91 Å². The summed E-state index contributed by atoms with van der Waals surface area (Å²) in [5.74, 6) is -0.410. The molecule has 0 bridgehead atoms. The van der Waals surface area contributed by atoms with Gasteiger partial charge in [-0.25, -0.2) is 17.2 Å². The van der Waals surface area contributed by atoms with Crippen LogP contribution in [0, 0.1) is 14.4 Å². The largest absolute Gasteiger partial charge is 0.505 e. The monoisotopic (exact) mass is 567 g/mol. The van der Waals surface area contributed by atoms with E-state index >= 15 is 0 Å². The molecular formula is C24H26F2NO3S2Y-. The van der Waals surface area contributed by atoms with Crippen LogP contribution in [0.2, 0.25) is 0 Å². The van der Waals surface area contributed by atoms with Gasteiger partial charge in [-0.05, 0) is 24.1 Å². The summed E-state index contributed by atoms with van der Waals surface area (Å²) in [6.07, 6.45) is -2.86. The Bertz CT molecular complexity index is 1210. The molecule has 3 aromatic rings. The standard InChI is InChI=1S/C21H17F2NO3S2.C2H6.CH3.Y/c1-13-7-5-6-10-15(13)21-19(25)20-16(24(12-18(22)23)29(21,26)27)11-17(28-20)14-8-3-2-4-9-14;1-2;;/h2-11,18,25H,12H2,1H3;1-2H3;1H3;/q;;-1;. The maximum absolute atomic E-state index is 13.3. The van der Waals surface area contributed by atoms with Crippen LogP contribution < -0.4 is 4.31 Å². The van der Waals surface area contributed by atoms with E-state index in [2.05, 4.69) is 0 Å². The Labute approximate surface area is 223 Å². The molecule has 4 rings (SSSR count). The molecule has 0 fully saturated rings. The summed E-state index contributed by atoms with van der Waals surface area (Å²) in [5, 5.41) is 10.9. The van der Waals surface area contributed by atoms with Crippen LogP contribution in [0.4, 0.5) is 14.5 Å².